The number of rotatable bonds is 4. The van der Waals surface area contributed by atoms with Crippen LogP contribution < -0.4 is 5.32 Å². The summed E-state index contributed by atoms with van der Waals surface area (Å²) < 4.78 is 36.3. The molecule has 18 heavy (non-hydrogen) atoms. The number of hydrogen-bond donors (Lipinski definition) is 1. The predicted octanol–water partition coefficient (Wildman–Crippen LogP) is 2.93. The summed E-state index contributed by atoms with van der Waals surface area (Å²) >= 11 is 0. The molecule has 106 valence electrons. The van der Waals surface area contributed by atoms with E-state index in [1.807, 2.05) is 0 Å². The summed E-state index contributed by atoms with van der Waals surface area (Å²) in [4.78, 5) is 2.37. The van der Waals surface area contributed by atoms with Crippen LogP contribution in [0.3, 0.4) is 0 Å². The van der Waals surface area contributed by atoms with Gasteiger partial charge in [-0.05, 0) is 45.6 Å². The van der Waals surface area contributed by atoms with E-state index >= 15 is 0 Å². The topological polar surface area (TPSA) is 15.3 Å². The van der Waals surface area contributed by atoms with Crippen molar-refractivity contribution in [3.63, 3.8) is 0 Å². The Morgan fingerprint density at radius 3 is 2.67 bits per heavy atom. The van der Waals surface area contributed by atoms with E-state index in [-0.39, 0.29) is 12.5 Å². The zero-order valence-corrected chi connectivity index (χ0v) is 11.0. The fourth-order valence-corrected chi connectivity index (χ4v) is 3.15. The van der Waals surface area contributed by atoms with Gasteiger partial charge in [0, 0.05) is 31.1 Å². The van der Waals surface area contributed by atoms with Crippen LogP contribution in [0.15, 0.2) is 0 Å². The number of hydrogen-bond acceptors (Lipinski definition) is 2. The first-order valence-electron chi connectivity index (χ1n) is 7.01. The molecule has 2 fully saturated rings. The highest BCUT2D eigenvalue weighted by molar-refractivity contribution is 4.90. The molecule has 2 rings (SSSR count). The van der Waals surface area contributed by atoms with Crippen LogP contribution in [-0.2, 0) is 0 Å². The van der Waals surface area contributed by atoms with Crippen LogP contribution in [0.5, 0.6) is 0 Å². The molecule has 0 radical (unpaired) electrons. The number of alkyl halides is 3. The van der Waals surface area contributed by atoms with E-state index in [1.54, 1.807) is 0 Å². The third-order valence-electron chi connectivity index (χ3n) is 4.26. The zero-order valence-electron chi connectivity index (χ0n) is 11.0. The van der Waals surface area contributed by atoms with E-state index in [0.29, 0.717) is 18.5 Å². The van der Waals surface area contributed by atoms with Gasteiger partial charge in [0.05, 0.1) is 0 Å². The van der Waals surface area contributed by atoms with Gasteiger partial charge in [0.1, 0.15) is 0 Å². The van der Waals surface area contributed by atoms with Crippen molar-refractivity contribution in [1.29, 1.82) is 0 Å². The van der Waals surface area contributed by atoms with Gasteiger partial charge >= 0.3 is 6.18 Å². The Kier molecular flexibility index (Phi) is 4.54. The summed E-state index contributed by atoms with van der Waals surface area (Å²) in [5, 5.41) is 3.60. The van der Waals surface area contributed by atoms with Crippen LogP contribution in [0, 0.1) is 0 Å². The quantitative estimate of drug-likeness (QED) is 0.840. The second-order valence-electron chi connectivity index (χ2n) is 5.78. The monoisotopic (exact) mass is 264 g/mol. The smallest absolute Gasteiger partial charge is 0.310 e. The Morgan fingerprint density at radius 2 is 1.94 bits per heavy atom. The highest BCUT2D eigenvalue weighted by atomic mass is 19.4. The lowest BCUT2D eigenvalue weighted by atomic mass is 10.0. The average Bonchev–Trinajstić information content (AvgIpc) is 2.56. The SMILES string of the molecule is CC(CCCC(F)(F)F)N1CCC2CCC(C1)N2. The molecule has 0 amide bonds. The molecule has 0 aromatic heterocycles. The second kappa shape index (κ2) is 5.78. The molecular formula is C13H23F3N2. The van der Waals surface area contributed by atoms with Crippen LogP contribution in [0.2, 0.25) is 0 Å². The van der Waals surface area contributed by atoms with Crippen LogP contribution in [-0.4, -0.2) is 42.3 Å². The molecule has 0 aliphatic carbocycles. The van der Waals surface area contributed by atoms with Crippen molar-refractivity contribution in [1.82, 2.24) is 10.2 Å². The van der Waals surface area contributed by atoms with Gasteiger partial charge in [-0.15, -0.1) is 0 Å². The van der Waals surface area contributed by atoms with Crippen molar-refractivity contribution in [2.45, 2.75) is 69.8 Å². The molecule has 2 nitrogen and oxygen atoms in total. The molecule has 5 heteroatoms. The maximum atomic E-state index is 12.1. The van der Waals surface area contributed by atoms with Crippen LogP contribution in [0.25, 0.3) is 0 Å². The van der Waals surface area contributed by atoms with Crippen molar-refractivity contribution >= 4 is 0 Å². The average molecular weight is 264 g/mol. The predicted molar refractivity (Wildman–Crippen MR) is 65.5 cm³/mol. The van der Waals surface area contributed by atoms with Gasteiger partial charge in [0.2, 0.25) is 0 Å². The molecule has 2 bridgehead atoms. The van der Waals surface area contributed by atoms with Crippen molar-refractivity contribution in [3.05, 3.63) is 0 Å². The largest absolute Gasteiger partial charge is 0.389 e. The lowest BCUT2D eigenvalue weighted by molar-refractivity contribution is -0.136. The fourth-order valence-electron chi connectivity index (χ4n) is 3.15. The molecule has 0 aromatic rings. The van der Waals surface area contributed by atoms with Gasteiger partial charge < -0.3 is 5.32 Å². The Morgan fingerprint density at radius 1 is 1.22 bits per heavy atom. The van der Waals surface area contributed by atoms with Crippen molar-refractivity contribution in [2.24, 2.45) is 0 Å². The molecular weight excluding hydrogens is 241 g/mol. The fraction of sp³-hybridized carbons (Fsp3) is 1.00. The summed E-state index contributed by atoms with van der Waals surface area (Å²) in [6, 6.07) is 1.47. The van der Waals surface area contributed by atoms with Crippen LogP contribution in [0.1, 0.15) is 45.4 Å². The van der Waals surface area contributed by atoms with Gasteiger partial charge in [-0.1, -0.05) is 0 Å². The lowest BCUT2D eigenvalue weighted by Gasteiger charge is -2.30. The molecule has 2 aliphatic rings. The number of nitrogens with zero attached hydrogens (tertiary/aromatic N) is 1. The molecule has 2 heterocycles. The number of nitrogens with one attached hydrogen (secondary N) is 1. The minimum Gasteiger partial charge on any atom is -0.310 e. The zero-order chi connectivity index (χ0) is 13.2. The van der Waals surface area contributed by atoms with Crippen molar-refractivity contribution in [2.75, 3.05) is 13.1 Å². The number of fused-ring (bicyclic) bond motifs is 2. The minimum atomic E-state index is -4.00. The van der Waals surface area contributed by atoms with Gasteiger partial charge in [0.15, 0.2) is 0 Å². The summed E-state index contributed by atoms with van der Waals surface area (Å²) in [7, 11) is 0. The molecule has 3 atom stereocenters. The van der Waals surface area contributed by atoms with E-state index in [0.717, 1.165) is 19.5 Å². The lowest BCUT2D eigenvalue weighted by Crippen LogP contribution is -2.40. The molecule has 2 saturated heterocycles. The van der Waals surface area contributed by atoms with Crippen molar-refractivity contribution in [3.8, 4) is 0 Å². The maximum Gasteiger partial charge on any atom is 0.389 e. The maximum absolute atomic E-state index is 12.1. The minimum absolute atomic E-state index is 0.253. The molecule has 0 saturated carbocycles. The molecule has 3 unspecified atom stereocenters. The molecule has 0 aromatic carbocycles. The Bertz CT molecular complexity index is 267. The van der Waals surface area contributed by atoms with E-state index in [4.69, 9.17) is 0 Å². The summed E-state index contributed by atoms with van der Waals surface area (Å²) in [5.74, 6) is 0. The summed E-state index contributed by atoms with van der Waals surface area (Å²) in [5.41, 5.74) is 0. The van der Waals surface area contributed by atoms with E-state index < -0.39 is 12.6 Å². The normalized spacial score (nSPS) is 31.3. The Labute approximate surface area is 107 Å². The first kappa shape index (κ1) is 14.1. The number of halogens is 3. The Balaban J connectivity index is 1.73. The van der Waals surface area contributed by atoms with Gasteiger partial charge in [-0.2, -0.15) is 13.2 Å². The highest BCUT2D eigenvalue weighted by Gasteiger charge is 2.31. The van der Waals surface area contributed by atoms with Gasteiger partial charge in [-0.25, -0.2) is 0 Å². The first-order chi connectivity index (χ1) is 8.44. The summed E-state index contributed by atoms with van der Waals surface area (Å²) in [6.07, 6.45) is -0.119. The third-order valence-corrected chi connectivity index (χ3v) is 4.26. The third kappa shape index (κ3) is 4.12. The van der Waals surface area contributed by atoms with Crippen LogP contribution in [0.4, 0.5) is 13.2 Å². The van der Waals surface area contributed by atoms with Crippen LogP contribution >= 0.6 is 0 Å². The molecule has 2 aliphatic heterocycles. The standard InChI is InChI=1S/C13H23F3N2/c1-10(3-2-7-13(14,15)16)18-8-6-11-4-5-12(9-18)17-11/h10-12,17H,2-9H2,1H3. The van der Waals surface area contributed by atoms with Gasteiger partial charge in [-0.3, -0.25) is 4.90 Å². The summed E-state index contributed by atoms with van der Waals surface area (Å²) in [6.45, 7) is 4.10. The van der Waals surface area contributed by atoms with E-state index in [1.165, 1.54) is 12.8 Å². The van der Waals surface area contributed by atoms with E-state index in [2.05, 4.69) is 17.1 Å². The van der Waals surface area contributed by atoms with E-state index in [9.17, 15) is 13.2 Å². The second-order valence-corrected chi connectivity index (χ2v) is 5.78. The van der Waals surface area contributed by atoms with Gasteiger partial charge in [0.25, 0.3) is 0 Å². The number of likely N-dealkylation sites (tertiary alicyclic amines) is 1. The first-order valence-corrected chi connectivity index (χ1v) is 7.01. The Hall–Kier alpha value is -0.290. The molecule has 1 N–H and O–H groups in total. The van der Waals surface area contributed by atoms with Crippen molar-refractivity contribution < 1.29 is 13.2 Å². The molecule has 0 spiro atoms. The highest BCUT2D eigenvalue weighted by Crippen LogP contribution is 2.25.